The molecule has 0 radical (unpaired) electrons. The zero-order valence-corrected chi connectivity index (χ0v) is 17.2. The molecular weight excluding hydrogens is 427 g/mol. The van der Waals surface area contributed by atoms with Crippen molar-refractivity contribution in [2.75, 3.05) is 0 Å². The second-order valence-corrected chi connectivity index (χ2v) is 7.48. The number of nitrogens with zero attached hydrogens (tertiary/aromatic N) is 3. The third-order valence-electron chi connectivity index (χ3n) is 4.91. The number of hydrogen-bond donors (Lipinski definition) is 0. The molecular formula is C23H15ClF3N3O. The molecule has 0 unspecified atom stereocenters. The Morgan fingerprint density at radius 1 is 1.06 bits per heavy atom. The van der Waals surface area contributed by atoms with Gasteiger partial charge in [-0.3, -0.25) is 4.79 Å². The van der Waals surface area contributed by atoms with Crippen LogP contribution in [0.3, 0.4) is 0 Å². The van der Waals surface area contributed by atoms with Gasteiger partial charge < -0.3 is 0 Å². The van der Waals surface area contributed by atoms with E-state index in [1.807, 2.05) is 13.8 Å². The lowest BCUT2D eigenvalue weighted by atomic mass is 10.0. The van der Waals surface area contributed by atoms with Crippen molar-refractivity contribution in [3.05, 3.63) is 98.1 Å². The van der Waals surface area contributed by atoms with E-state index in [2.05, 4.69) is 10.1 Å². The van der Waals surface area contributed by atoms with Gasteiger partial charge in [-0.15, -0.1) is 0 Å². The van der Waals surface area contributed by atoms with Crippen molar-refractivity contribution < 1.29 is 13.2 Å². The maximum absolute atomic E-state index is 15.1. The Bertz CT molecular complexity index is 1430. The van der Waals surface area contributed by atoms with Crippen LogP contribution in [0.25, 0.3) is 28.5 Å². The van der Waals surface area contributed by atoms with Gasteiger partial charge in [0.25, 0.3) is 0 Å². The summed E-state index contributed by atoms with van der Waals surface area (Å²) in [4.78, 5) is 16.5. The molecule has 0 aliphatic heterocycles. The molecule has 31 heavy (non-hydrogen) atoms. The van der Waals surface area contributed by atoms with Crippen molar-refractivity contribution >= 4 is 34.4 Å². The van der Waals surface area contributed by atoms with E-state index in [0.717, 1.165) is 29.3 Å². The van der Waals surface area contributed by atoms with E-state index in [1.165, 1.54) is 29.1 Å². The summed E-state index contributed by atoms with van der Waals surface area (Å²) in [7, 11) is 0. The van der Waals surface area contributed by atoms with Crippen LogP contribution in [0.4, 0.5) is 13.2 Å². The van der Waals surface area contributed by atoms with Gasteiger partial charge in [0.1, 0.15) is 11.5 Å². The molecule has 0 aliphatic carbocycles. The quantitative estimate of drug-likeness (QED) is 0.378. The minimum atomic E-state index is -0.987. The first-order valence-electron chi connectivity index (χ1n) is 9.23. The zero-order chi connectivity index (χ0) is 22.3. The predicted molar refractivity (Wildman–Crippen MR) is 115 cm³/mol. The Balaban J connectivity index is 2.04. The van der Waals surface area contributed by atoms with Crippen LogP contribution in [0.5, 0.6) is 0 Å². The maximum Gasteiger partial charge on any atom is 0.218 e. The fourth-order valence-electron chi connectivity index (χ4n) is 3.20. The average Bonchev–Trinajstić information content (AvgIpc) is 2.70. The Kier molecular flexibility index (Phi) is 5.37. The maximum atomic E-state index is 15.1. The SMILES string of the molecule is Cc1cc2c(=O)c(/C(F)=C/c3ccnc(F)c3)nn(-c3ccc(Cl)cc3F)c2cc1C. The van der Waals surface area contributed by atoms with Gasteiger partial charge in [0.05, 0.1) is 10.9 Å². The minimum absolute atomic E-state index is 0.00154. The average molecular weight is 442 g/mol. The summed E-state index contributed by atoms with van der Waals surface area (Å²) in [6.07, 6.45) is 2.15. The molecule has 0 saturated heterocycles. The molecule has 0 saturated carbocycles. The van der Waals surface area contributed by atoms with Crippen LogP contribution in [-0.4, -0.2) is 14.8 Å². The van der Waals surface area contributed by atoms with Crippen LogP contribution in [0, 0.1) is 25.6 Å². The first-order chi connectivity index (χ1) is 14.7. The van der Waals surface area contributed by atoms with Gasteiger partial charge in [-0.2, -0.15) is 9.49 Å². The van der Waals surface area contributed by atoms with E-state index in [0.29, 0.717) is 5.52 Å². The van der Waals surface area contributed by atoms with E-state index in [4.69, 9.17) is 11.6 Å². The number of pyridine rings is 1. The van der Waals surface area contributed by atoms with Crippen LogP contribution < -0.4 is 5.43 Å². The molecule has 4 nitrogen and oxygen atoms in total. The van der Waals surface area contributed by atoms with Crippen molar-refractivity contribution in [3.63, 3.8) is 0 Å². The van der Waals surface area contributed by atoms with Gasteiger partial charge in [0.2, 0.25) is 11.4 Å². The first kappa shape index (κ1) is 20.8. The molecule has 0 N–H and O–H groups in total. The number of benzene rings is 2. The Labute approximate surface area is 180 Å². The number of aromatic nitrogens is 3. The highest BCUT2D eigenvalue weighted by molar-refractivity contribution is 6.30. The number of rotatable bonds is 3. The topological polar surface area (TPSA) is 47.8 Å². The molecule has 0 fully saturated rings. The smallest absolute Gasteiger partial charge is 0.218 e. The lowest BCUT2D eigenvalue weighted by Gasteiger charge is -2.14. The second kappa shape index (κ2) is 8.00. The highest BCUT2D eigenvalue weighted by Crippen LogP contribution is 2.25. The number of fused-ring (bicyclic) bond motifs is 1. The first-order valence-corrected chi connectivity index (χ1v) is 9.61. The Hall–Kier alpha value is -3.45. The van der Waals surface area contributed by atoms with Crippen molar-refractivity contribution in [1.82, 2.24) is 14.8 Å². The molecule has 2 aromatic heterocycles. The van der Waals surface area contributed by atoms with Gasteiger partial charge in [-0.25, -0.2) is 18.4 Å². The van der Waals surface area contributed by atoms with E-state index in [9.17, 15) is 13.6 Å². The fraction of sp³-hybridized carbons (Fsp3) is 0.0870. The van der Waals surface area contributed by atoms with Crippen molar-refractivity contribution in [3.8, 4) is 5.69 Å². The molecule has 156 valence electrons. The highest BCUT2D eigenvalue weighted by atomic mass is 35.5. The Morgan fingerprint density at radius 3 is 2.52 bits per heavy atom. The van der Waals surface area contributed by atoms with E-state index >= 15 is 4.39 Å². The van der Waals surface area contributed by atoms with Gasteiger partial charge >= 0.3 is 0 Å². The molecule has 0 atom stereocenters. The van der Waals surface area contributed by atoms with Crippen LogP contribution >= 0.6 is 11.6 Å². The normalized spacial score (nSPS) is 11.9. The molecule has 8 heteroatoms. The summed E-state index contributed by atoms with van der Waals surface area (Å²) in [5.74, 6) is -2.46. The van der Waals surface area contributed by atoms with Crippen LogP contribution in [0.1, 0.15) is 22.4 Å². The molecule has 0 aliphatic rings. The summed E-state index contributed by atoms with van der Waals surface area (Å²) >= 11 is 5.85. The van der Waals surface area contributed by atoms with E-state index in [1.54, 1.807) is 12.1 Å². The van der Waals surface area contributed by atoms with Gasteiger partial charge in [-0.05, 0) is 73.0 Å². The molecule has 4 rings (SSSR count). The third-order valence-corrected chi connectivity index (χ3v) is 5.14. The van der Waals surface area contributed by atoms with E-state index in [-0.39, 0.29) is 21.7 Å². The second-order valence-electron chi connectivity index (χ2n) is 7.04. The summed E-state index contributed by atoms with van der Waals surface area (Å²) in [5.41, 5.74) is 0.964. The summed E-state index contributed by atoms with van der Waals surface area (Å²) in [6, 6.07) is 9.68. The lowest BCUT2D eigenvalue weighted by molar-refractivity contribution is 0.583. The minimum Gasteiger partial charge on any atom is -0.287 e. The third kappa shape index (κ3) is 3.96. The summed E-state index contributed by atoms with van der Waals surface area (Å²) < 4.78 is 44.3. The number of aryl methyl sites for hydroxylation is 2. The zero-order valence-electron chi connectivity index (χ0n) is 16.5. The number of halogens is 4. The number of hydrogen-bond acceptors (Lipinski definition) is 3. The lowest BCUT2D eigenvalue weighted by Crippen LogP contribution is -2.18. The molecule has 0 amide bonds. The molecule has 0 spiro atoms. The van der Waals surface area contributed by atoms with Crippen LogP contribution in [-0.2, 0) is 0 Å². The molecule has 4 aromatic rings. The van der Waals surface area contributed by atoms with Gasteiger partial charge in [-0.1, -0.05) is 11.6 Å². The fourth-order valence-corrected chi connectivity index (χ4v) is 3.36. The van der Waals surface area contributed by atoms with Crippen molar-refractivity contribution in [2.24, 2.45) is 0 Å². The van der Waals surface area contributed by atoms with Crippen LogP contribution in [0.15, 0.2) is 53.5 Å². The van der Waals surface area contributed by atoms with E-state index < -0.39 is 28.7 Å². The molecule has 2 heterocycles. The molecule has 2 aromatic carbocycles. The molecule has 0 bridgehead atoms. The monoisotopic (exact) mass is 441 g/mol. The largest absolute Gasteiger partial charge is 0.287 e. The van der Waals surface area contributed by atoms with Gasteiger partial charge in [0.15, 0.2) is 11.5 Å². The van der Waals surface area contributed by atoms with Gasteiger partial charge in [0, 0.05) is 17.3 Å². The summed E-state index contributed by atoms with van der Waals surface area (Å²) in [6.45, 7) is 3.65. The van der Waals surface area contributed by atoms with Crippen LogP contribution in [0.2, 0.25) is 5.02 Å². The predicted octanol–water partition coefficient (Wildman–Crippen LogP) is 5.80. The summed E-state index contributed by atoms with van der Waals surface area (Å²) in [5, 5.41) is 4.48. The van der Waals surface area contributed by atoms with Crippen molar-refractivity contribution in [1.29, 1.82) is 0 Å². The standard InChI is InChI=1S/C23H15ClF3N3O/c1-12-7-16-20(8-13(12)2)30(19-4-3-15(24)11-17(19)25)29-22(23(16)31)18(26)9-14-5-6-28-21(27)10-14/h3-11H,1-2H3/b18-9-. The Morgan fingerprint density at radius 2 is 1.81 bits per heavy atom. The highest BCUT2D eigenvalue weighted by Gasteiger charge is 2.18. The van der Waals surface area contributed by atoms with Crippen molar-refractivity contribution in [2.45, 2.75) is 13.8 Å².